The Balaban J connectivity index is 1.34. The number of hydrogen-bond donors (Lipinski definition) is 2. The number of fused-ring (bicyclic) bond motifs is 1. The summed E-state index contributed by atoms with van der Waals surface area (Å²) in [6.07, 6.45) is 0.506. The minimum Gasteiger partial charge on any atom is -0.495 e. The molecule has 2 N–H and O–H groups in total. The third kappa shape index (κ3) is 3.64. The van der Waals surface area contributed by atoms with Crippen molar-refractivity contribution in [1.82, 2.24) is 0 Å². The summed E-state index contributed by atoms with van der Waals surface area (Å²) in [5, 5.41) is 6.00. The number of anilines is 2. The summed E-state index contributed by atoms with van der Waals surface area (Å²) in [6, 6.07) is 10.2. The molecule has 1 aliphatic heterocycles. The standard InChI is InChI=1S/C19H17ClN2O5/c1-25-15-4-2-10(6-14(15)20)21-18(23)12-8-13(12)19(24)22-11-3-5-16-17(7-11)27-9-26-16/h2-7,12-13H,8-9H2,1H3,(H,21,23)(H,22,24). The molecule has 2 unspecified atom stereocenters. The molecule has 1 fully saturated rings. The molecule has 2 aromatic carbocycles. The molecule has 0 radical (unpaired) electrons. The molecule has 2 aliphatic rings. The fourth-order valence-electron chi connectivity index (χ4n) is 2.96. The van der Waals surface area contributed by atoms with Crippen molar-refractivity contribution in [2.24, 2.45) is 11.8 Å². The lowest BCUT2D eigenvalue weighted by Gasteiger charge is -2.08. The van der Waals surface area contributed by atoms with Gasteiger partial charge in [-0.1, -0.05) is 11.6 Å². The van der Waals surface area contributed by atoms with E-state index in [-0.39, 0.29) is 30.4 Å². The van der Waals surface area contributed by atoms with Gasteiger partial charge in [-0.2, -0.15) is 0 Å². The van der Waals surface area contributed by atoms with Crippen LogP contribution in [0.1, 0.15) is 6.42 Å². The molecular formula is C19H17ClN2O5. The van der Waals surface area contributed by atoms with Crippen LogP contribution in [0.2, 0.25) is 5.02 Å². The maximum Gasteiger partial charge on any atom is 0.231 e. The molecule has 0 spiro atoms. The molecule has 140 valence electrons. The van der Waals surface area contributed by atoms with Crippen LogP contribution in [0.4, 0.5) is 11.4 Å². The van der Waals surface area contributed by atoms with Crippen LogP contribution in [0.5, 0.6) is 17.2 Å². The molecule has 1 saturated carbocycles. The van der Waals surface area contributed by atoms with E-state index in [2.05, 4.69) is 10.6 Å². The number of halogens is 1. The molecule has 27 heavy (non-hydrogen) atoms. The second kappa shape index (κ2) is 7.00. The third-order valence-electron chi connectivity index (χ3n) is 4.52. The topological polar surface area (TPSA) is 85.9 Å². The number of amides is 2. The first-order chi connectivity index (χ1) is 13.0. The molecule has 7 nitrogen and oxygen atoms in total. The van der Waals surface area contributed by atoms with Gasteiger partial charge in [0.1, 0.15) is 5.75 Å². The molecule has 2 aromatic rings. The van der Waals surface area contributed by atoms with Gasteiger partial charge in [0.2, 0.25) is 18.6 Å². The van der Waals surface area contributed by atoms with E-state index in [0.717, 1.165) is 0 Å². The SMILES string of the molecule is COc1ccc(NC(=O)C2CC2C(=O)Nc2ccc3c(c2)OCO3)cc1Cl. The highest BCUT2D eigenvalue weighted by atomic mass is 35.5. The second-order valence-corrected chi connectivity index (χ2v) is 6.75. The summed E-state index contributed by atoms with van der Waals surface area (Å²) < 4.78 is 15.6. The number of carbonyl (C=O) groups is 2. The van der Waals surface area contributed by atoms with Gasteiger partial charge in [-0.3, -0.25) is 9.59 Å². The lowest BCUT2D eigenvalue weighted by Crippen LogP contribution is -2.20. The monoisotopic (exact) mass is 388 g/mol. The van der Waals surface area contributed by atoms with Crippen LogP contribution in [0.25, 0.3) is 0 Å². The highest BCUT2D eigenvalue weighted by Crippen LogP contribution is 2.41. The molecule has 0 aromatic heterocycles. The maximum atomic E-state index is 12.4. The lowest BCUT2D eigenvalue weighted by molar-refractivity contribution is -0.122. The van der Waals surface area contributed by atoms with Crippen LogP contribution in [0, 0.1) is 11.8 Å². The fraction of sp³-hybridized carbons (Fsp3) is 0.263. The van der Waals surface area contributed by atoms with Gasteiger partial charge in [-0.05, 0) is 36.8 Å². The molecule has 0 saturated heterocycles. The van der Waals surface area contributed by atoms with Crippen LogP contribution >= 0.6 is 11.6 Å². The Morgan fingerprint density at radius 2 is 1.63 bits per heavy atom. The lowest BCUT2D eigenvalue weighted by atomic mass is 10.2. The van der Waals surface area contributed by atoms with Crippen molar-refractivity contribution < 1.29 is 23.8 Å². The summed E-state index contributed by atoms with van der Waals surface area (Å²) >= 11 is 6.06. The first-order valence-corrected chi connectivity index (χ1v) is 8.78. The van der Waals surface area contributed by atoms with Crippen LogP contribution in [-0.4, -0.2) is 25.7 Å². The van der Waals surface area contributed by atoms with E-state index >= 15 is 0 Å². The Hall–Kier alpha value is -2.93. The van der Waals surface area contributed by atoms with Crippen molar-refractivity contribution >= 4 is 34.8 Å². The minimum absolute atomic E-state index is 0.174. The first-order valence-electron chi connectivity index (χ1n) is 8.40. The van der Waals surface area contributed by atoms with Gasteiger partial charge in [-0.25, -0.2) is 0 Å². The van der Waals surface area contributed by atoms with E-state index in [4.69, 9.17) is 25.8 Å². The number of ether oxygens (including phenoxy) is 3. The third-order valence-corrected chi connectivity index (χ3v) is 4.82. The summed E-state index contributed by atoms with van der Waals surface area (Å²) in [6.45, 7) is 0.174. The Bertz CT molecular complexity index is 917. The van der Waals surface area contributed by atoms with E-state index in [1.54, 1.807) is 36.4 Å². The first kappa shape index (κ1) is 17.5. The van der Waals surface area contributed by atoms with Gasteiger partial charge in [-0.15, -0.1) is 0 Å². The molecular weight excluding hydrogens is 372 g/mol. The summed E-state index contributed by atoms with van der Waals surface area (Å²) in [4.78, 5) is 24.7. The van der Waals surface area contributed by atoms with Gasteiger partial charge in [0.25, 0.3) is 0 Å². The zero-order valence-corrected chi connectivity index (χ0v) is 15.2. The molecule has 0 bridgehead atoms. The molecule has 8 heteroatoms. The molecule has 4 rings (SSSR count). The zero-order valence-electron chi connectivity index (χ0n) is 14.5. The van der Waals surface area contributed by atoms with Gasteiger partial charge in [0.05, 0.1) is 24.0 Å². The Kier molecular flexibility index (Phi) is 4.53. The summed E-state index contributed by atoms with van der Waals surface area (Å²) in [5.74, 6) is 0.652. The second-order valence-electron chi connectivity index (χ2n) is 6.34. The van der Waals surface area contributed by atoms with Crippen molar-refractivity contribution in [2.75, 3.05) is 24.5 Å². The number of rotatable bonds is 5. The zero-order chi connectivity index (χ0) is 19.0. The van der Waals surface area contributed by atoms with Gasteiger partial charge >= 0.3 is 0 Å². The minimum atomic E-state index is -0.361. The fourth-order valence-corrected chi connectivity index (χ4v) is 3.22. The van der Waals surface area contributed by atoms with Crippen LogP contribution < -0.4 is 24.8 Å². The van der Waals surface area contributed by atoms with Gasteiger partial charge < -0.3 is 24.8 Å². The van der Waals surface area contributed by atoms with Gasteiger partial charge in [0.15, 0.2) is 11.5 Å². The Morgan fingerprint density at radius 3 is 2.30 bits per heavy atom. The Morgan fingerprint density at radius 1 is 1.00 bits per heavy atom. The van der Waals surface area contributed by atoms with Crippen LogP contribution in [0.15, 0.2) is 36.4 Å². The number of carbonyl (C=O) groups excluding carboxylic acids is 2. The van der Waals surface area contributed by atoms with E-state index < -0.39 is 0 Å². The van der Waals surface area contributed by atoms with Crippen molar-refractivity contribution in [3.05, 3.63) is 41.4 Å². The van der Waals surface area contributed by atoms with Crippen molar-refractivity contribution in [2.45, 2.75) is 6.42 Å². The average molecular weight is 389 g/mol. The van der Waals surface area contributed by atoms with Gasteiger partial charge in [0, 0.05) is 17.4 Å². The van der Waals surface area contributed by atoms with E-state index in [0.29, 0.717) is 40.1 Å². The number of hydrogen-bond acceptors (Lipinski definition) is 5. The molecule has 2 amide bonds. The molecule has 1 aliphatic carbocycles. The number of nitrogens with one attached hydrogen (secondary N) is 2. The molecule has 1 heterocycles. The van der Waals surface area contributed by atoms with Crippen LogP contribution in [0.3, 0.4) is 0 Å². The smallest absolute Gasteiger partial charge is 0.231 e. The summed E-state index contributed by atoms with van der Waals surface area (Å²) in [5.41, 5.74) is 1.17. The van der Waals surface area contributed by atoms with E-state index in [9.17, 15) is 9.59 Å². The van der Waals surface area contributed by atoms with Crippen molar-refractivity contribution in [3.63, 3.8) is 0 Å². The number of benzene rings is 2. The summed E-state index contributed by atoms with van der Waals surface area (Å²) in [7, 11) is 1.52. The predicted octanol–water partition coefficient (Wildman–Crippen LogP) is 3.29. The van der Waals surface area contributed by atoms with Crippen LogP contribution in [-0.2, 0) is 9.59 Å². The van der Waals surface area contributed by atoms with E-state index in [1.807, 2.05) is 0 Å². The van der Waals surface area contributed by atoms with E-state index in [1.165, 1.54) is 7.11 Å². The highest BCUT2D eigenvalue weighted by molar-refractivity contribution is 6.32. The van der Waals surface area contributed by atoms with Crippen molar-refractivity contribution in [3.8, 4) is 17.2 Å². The highest BCUT2D eigenvalue weighted by Gasteiger charge is 2.48. The predicted molar refractivity (Wildman–Crippen MR) is 99.4 cm³/mol. The molecule has 2 atom stereocenters. The average Bonchev–Trinajstić information content (AvgIpc) is 3.33. The quantitative estimate of drug-likeness (QED) is 0.820. The number of methoxy groups -OCH3 is 1. The normalized spacial score (nSPS) is 19.3. The van der Waals surface area contributed by atoms with Crippen molar-refractivity contribution in [1.29, 1.82) is 0 Å². The Labute approximate surface area is 160 Å². The maximum absolute atomic E-state index is 12.4. The largest absolute Gasteiger partial charge is 0.495 e.